The number of fused-ring (bicyclic) bond motifs is 1. The molecule has 1 atom stereocenters. The van der Waals surface area contributed by atoms with E-state index in [-0.39, 0.29) is 12.1 Å². The number of nitrogens with one attached hydrogen (secondary N) is 1. The smallest absolute Gasteiger partial charge is 0.318 e. The topological polar surface area (TPSA) is 63.1 Å². The maximum atomic E-state index is 12.5. The van der Waals surface area contributed by atoms with Crippen molar-refractivity contribution < 1.29 is 4.79 Å². The van der Waals surface area contributed by atoms with Gasteiger partial charge in [-0.15, -0.1) is 10.2 Å². The lowest BCUT2D eigenvalue weighted by molar-refractivity contribution is 0.193. The largest absolute Gasteiger partial charge is 0.328 e. The molecular formula is C14H23N5OS. The van der Waals surface area contributed by atoms with Gasteiger partial charge in [-0.2, -0.15) is 11.8 Å². The normalized spacial score (nSPS) is 19.7. The predicted octanol–water partition coefficient (Wildman–Crippen LogP) is 1.68. The van der Waals surface area contributed by atoms with Crippen LogP contribution in [-0.2, 0) is 13.0 Å². The third kappa shape index (κ3) is 3.02. The van der Waals surface area contributed by atoms with Gasteiger partial charge in [-0.25, -0.2) is 4.79 Å². The monoisotopic (exact) mass is 309 g/mol. The summed E-state index contributed by atoms with van der Waals surface area (Å²) in [6.45, 7) is 6.87. The molecule has 0 bridgehead atoms. The maximum Gasteiger partial charge on any atom is 0.318 e. The number of aryl methyl sites for hydroxylation is 1. The number of carbonyl (C=O) groups is 1. The van der Waals surface area contributed by atoms with E-state index in [0.29, 0.717) is 5.92 Å². The Kier molecular flexibility index (Phi) is 4.37. The average molecular weight is 309 g/mol. The van der Waals surface area contributed by atoms with Crippen LogP contribution in [0, 0.1) is 5.92 Å². The number of rotatable bonds is 3. The van der Waals surface area contributed by atoms with Crippen molar-refractivity contribution in [1.29, 1.82) is 0 Å². The Morgan fingerprint density at radius 1 is 1.24 bits per heavy atom. The van der Waals surface area contributed by atoms with Crippen molar-refractivity contribution in [2.45, 2.75) is 39.3 Å². The molecule has 0 aliphatic carbocycles. The van der Waals surface area contributed by atoms with E-state index in [1.165, 1.54) is 0 Å². The molecule has 0 saturated carbocycles. The molecule has 1 aromatic heterocycles. The number of nitrogens with zero attached hydrogens (tertiary/aromatic N) is 4. The summed E-state index contributed by atoms with van der Waals surface area (Å²) in [5.41, 5.74) is 0. The van der Waals surface area contributed by atoms with Crippen LogP contribution in [0.2, 0.25) is 0 Å². The van der Waals surface area contributed by atoms with E-state index < -0.39 is 0 Å². The lowest BCUT2D eigenvalue weighted by atomic mass is 10.0. The molecule has 0 spiro atoms. The molecule has 2 amide bonds. The summed E-state index contributed by atoms with van der Waals surface area (Å²) in [5.74, 6) is 4.32. The molecular weight excluding hydrogens is 286 g/mol. The van der Waals surface area contributed by atoms with Gasteiger partial charge in [0.25, 0.3) is 0 Å². The molecule has 6 nitrogen and oxygen atoms in total. The molecule has 2 aliphatic heterocycles. The number of thioether (sulfide) groups is 1. The van der Waals surface area contributed by atoms with Crippen LogP contribution in [0.25, 0.3) is 0 Å². The van der Waals surface area contributed by atoms with Gasteiger partial charge in [0, 0.05) is 37.6 Å². The van der Waals surface area contributed by atoms with E-state index in [1.54, 1.807) is 0 Å². The van der Waals surface area contributed by atoms with Gasteiger partial charge >= 0.3 is 6.03 Å². The van der Waals surface area contributed by atoms with E-state index in [1.807, 2.05) is 16.7 Å². The van der Waals surface area contributed by atoms with Crippen LogP contribution in [-0.4, -0.2) is 50.3 Å². The van der Waals surface area contributed by atoms with Gasteiger partial charge in [-0.05, 0) is 12.3 Å². The van der Waals surface area contributed by atoms with Crippen LogP contribution < -0.4 is 5.32 Å². The molecule has 0 aromatic carbocycles. The number of amides is 2. The zero-order chi connectivity index (χ0) is 14.8. The molecule has 3 heterocycles. The predicted molar refractivity (Wildman–Crippen MR) is 83.4 cm³/mol. The number of carbonyl (C=O) groups excluding carboxylic acids is 1. The van der Waals surface area contributed by atoms with Gasteiger partial charge in [0.2, 0.25) is 0 Å². The van der Waals surface area contributed by atoms with Crippen molar-refractivity contribution in [3.8, 4) is 0 Å². The Labute approximate surface area is 129 Å². The van der Waals surface area contributed by atoms with Crippen LogP contribution >= 0.6 is 11.8 Å². The highest BCUT2D eigenvalue weighted by atomic mass is 32.2. The summed E-state index contributed by atoms with van der Waals surface area (Å²) in [6.07, 6.45) is 2.12. The van der Waals surface area contributed by atoms with Crippen molar-refractivity contribution in [2.75, 3.05) is 24.6 Å². The van der Waals surface area contributed by atoms with E-state index in [2.05, 4.69) is 33.9 Å². The van der Waals surface area contributed by atoms with Crippen LogP contribution in [0.4, 0.5) is 4.79 Å². The first kappa shape index (κ1) is 14.7. The van der Waals surface area contributed by atoms with E-state index in [9.17, 15) is 4.79 Å². The highest BCUT2D eigenvalue weighted by Gasteiger charge is 2.29. The Morgan fingerprint density at radius 2 is 2.00 bits per heavy atom. The Bertz CT molecular complexity index is 509. The SMILES string of the molecule is CC(C)[C@@H](NC(=O)N1CCSCC1)c1nnc2n1CCC2. The Hall–Kier alpha value is -1.24. The minimum absolute atomic E-state index is 0.0318. The van der Waals surface area contributed by atoms with Crippen molar-refractivity contribution in [3.63, 3.8) is 0 Å². The number of hydrogen-bond acceptors (Lipinski definition) is 4. The first-order chi connectivity index (χ1) is 10.2. The zero-order valence-electron chi connectivity index (χ0n) is 12.7. The summed E-state index contributed by atoms with van der Waals surface area (Å²) in [7, 11) is 0. The molecule has 21 heavy (non-hydrogen) atoms. The lowest BCUT2D eigenvalue weighted by Crippen LogP contribution is -2.46. The van der Waals surface area contributed by atoms with Crippen LogP contribution in [0.3, 0.4) is 0 Å². The van der Waals surface area contributed by atoms with Gasteiger partial charge in [0.1, 0.15) is 5.82 Å². The second-order valence-electron chi connectivity index (χ2n) is 6.00. The third-order valence-corrected chi connectivity index (χ3v) is 5.10. The molecule has 1 saturated heterocycles. The molecule has 0 unspecified atom stereocenters. The van der Waals surface area contributed by atoms with Crippen molar-refractivity contribution >= 4 is 17.8 Å². The summed E-state index contributed by atoms with van der Waals surface area (Å²) in [6, 6.07) is -0.0317. The summed E-state index contributed by atoms with van der Waals surface area (Å²) in [5, 5.41) is 11.8. The summed E-state index contributed by atoms with van der Waals surface area (Å²) < 4.78 is 2.18. The van der Waals surface area contributed by atoms with Crippen molar-refractivity contribution in [1.82, 2.24) is 25.0 Å². The Balaban J connectivity index is 1.74. The maximum absolute atomic E-state index is 12.5. The van der Waals surface area contributed by atoms with E-state index >= 15 is 0 Å². The van der Waals surface area contributed by atoms with E-state index in [4.69, 9.17) is 0 Å². The molecule has 1 N–H and O–H groups in total. The first-order valence-electron chi connectivity index (χ1n) is 7.72. The second kappa shape index (κ2) is 6.25. The number of aromatic nitrogens is 3. The van der Waals surface area contributed by atoms with Gasteiger partial charge in [-0.3, -0.25) is 0 Å². The van der Waals surface area contributed by atoms with E-state index in [0.717, 1.165) is 55.6 Å². The summed E-state index contributed by atoms with van der Waals surface area (Å²) in [4.78, 5) is 14.4. The minimum atomic E-state index is -0.0635. The minimum Gasteiger partial charge on any atom is -0.328 e. The number of urea groups is 1. The fourth-order valence-corrected chi connectivity index (χ4v) is 3.83. The van der Waals surface area contributed by atoms with Gasteiger partial charge in [0.05, 0.1) is 6.04 Å². The first-order valence-corrected chi connectivity index (χ1v) is 8.87. The summed E-state index contributed by atoms with van der Waals surface area (Å²) >= 11 is 1.91. The van der Waals surface area contributed by atoms with Gasteiger partial charge in [-0.1, -0.05) is 13.8 Å². The second-order valence-corrected chi connectivity index (χ2v) is 7.22. The highest BCUT2D eigenvalue weighted by Crippen LogP contribution is 2.25. The molecule has 116 valence electrons. The van der Waals surface area contributed by atoms with Crippen LogP contribution in [0.15, 0.2) is 0 Å². The Morgan fingerprint density at radius 3 is 2.71 bits per heavy atom. The molecule has 7 heteroatoms. The average Bonchev–Trinajstić information content (AvgIpc) is 3.08. The quantitative estimate of drug-likeness (QED) is 0.923. The highest BCUT2D eigenvalue weighted by molar-refractivity contribution is 7.99. The van der Waals surface area contributed by atoms with Gasteiger partial charge < -0.3 is 14.8 Å². The molecule has 2 aliphatic rings. The fraction of sp³-hybridized carbons (Fsp3) is 0.786. The van der Waals surface area contributed by atoms with Gasteiger partial charge in [0.15, 0.2) is 5.82 Å². The fourth-order valence-electron chi connectivity index (χ4n) is 2.92. The van der Waals surface area contributed by atoms with Crippen molar-refractivity contribution in [3.05, 3.63) is 11.6 Å². The van der Waals surface area contributed by atoms with Crippen LogP contribution in [0.5, 0.6) is 0 Å². The lowest BCUT2D eigenvalue weighted by Gasteiger charge is -2.30. The molecule has 3 rings (SSSR count). The van der Waals surface area contributed by atoms with Crippen molar-refractivity contribution in [2.24, 2.45) is 5.92 Å². The zero-order valence-corrected chi connectivity index (χ0v) is 13.5. The third-order valence-electron chi connectivity index (χ3n) is 4.16. The molecule has 0 radical (unpaired) electrons. The molecule has 1 fully saturated rings. The number of hydrogen-bond donors (Lipinski definition) is 1. The molecule has 1 aromatic rings. The standard InChI is InChI=1S/C14H23N5OS/c1-10(2)12(13-17-16-11-4-3-5-19(11)13)15-14(20)18-6-8-21-9-7-18/h10,12H,3-9H2,1-2H3,(H,15,20)/t12-/m1/s1. The van der Waals surface area contributed by atoms with Crippen LogP contribution in [0.1, 0.15) is 38.0 Å².